The van der Waals surface area contributed by atoms with Crippen LogP contribution in [0.2, 0.25) is 0 Å². The van der Waals surface area contributed by atoms with Crippen molar-refractivity contribution in [3.05, 3.63) is 48.5 Å². The van der Waals surface area contributed by atoms with E-state index in [-0.39, 0.29) is 7.69 Å². The maximum Gasteiger partial charge on any atom is 0.576 e. The zero-order valence-electron chi connectivity index (χ0n) is 16.7. The van der Waals surface area contributed by atoms with Gasteiger partial charge in [-0.3, -0.25) is 0 Å². The van der Waals surface area contributed by atoms with Crippen LogP contribution in [0.5, 0.6) is 23.0 Å². The molecule has 146 valence electrons. The van der Waals surface area contributed by atoms with Gasteiger partial charge in [0.25, 0.3) is 0 Å². The first-order valence-corrected chi connectivity index (χ1v) is 9.04. The second-order valence-corrected chi connectivity index (χ2v) is 6.65. The summed E-state index contributed by atoms with van der Waals surface area (Å²) in [7, 11) is 8.22. The predicted molar refractivity (Wildman–Crippen MR) is 109 cm³/mol. The Morgan fingerprint density at radius 3 is 1.26 bits per heavy atom. The molecule has 2 aromatic carbocycles. The standard InChI is InChI=1S/C20H29BN2O4/c1-22(2)13-15-24-17-5-9-19(10-6-17)26-21-27-20-11-7-18(8-12-20)25-16-14-23(3)4/h5-12,21H,13-16H2,1-4H3. The summed E-state index contributed by atoms with van der Waals surface area (Å²) in [6, 6.07) is 15.1. The summed E-state index contributed by atoms with van der Waals surface area (Å²) in [5.74, 6) is 3.13. The normalized spacial score (nSPS) is 10.7. The van der Waals surface area contributed by atoms with E-state index in [1.165, 1.54) is 0 Å². The van der Waals surface area contributed by atoms with Gasteiger partial charge in [0.1, 0.15) is 36.2 Å². The smallest absolute Gasteiger partial charge is 0.529 e. The molecule has 0 N–H and O–H groups in total. The van der Waals surface area contributed by atoms with Crippen LogP contribution < -0.4 is 18.8 Å². The lowest BCUT2D eigenvalue weighted by Gasteiger charge is -2.12. The van der Waals surface area contributed by atoms with Gasteiger partial charge in [-0.1, -0.05) is 0 Å². The van der Waals surface area contributed by atoms with Crippen LogP contribution in [-0.2, 0) is 0 Å². The van der Waals surface area contributed by atoms with Gasteiger partial charge in [0.15, 0.2) is 0 Å². The molecular weight excluding hydrogens is 343 g/mol. The number of likely N-dealkylation sites (N-methyl/N-ethyl adjacent to an activating group) is 2. The van der Waals surface area contributed by atoms with Crippen molar-refractivity contribution in [1.82, 2.24) is 9.80 Å². The van der Waals surface area contributed by atoms with Crippen LogP contribution in [0, 0.1) is 0 Å². The summed E-state index contributed by atoms with van der Waals surface area (Å²) in [5, 5.41) is 0. The van der Waals surface area contributed by atoms with E-state index in [2.05, 4.69) is 9.80 Å². The number of ether oxygens (including phenoxy) is 2. The molecule has 0 heterocycles. The highest BCUT2D eigenvalue weighted by Crippen LogP contribution is 2.19. The Bertz CT molecular complexity index is 591. The average Bonchev–Trinajstić information content (AvgIpc) is 2.64. The summed E-state index contributed by atoms with van der Waals surface area (Å²) in [5.41, 5.74) is 0. The SMILES string of the molecule is CN(C)CCOc1ccc(OBOc2ccc(OCCN(C)C)cc2)cc1. The molecule has 0 spiro atoms. The molecule has 0 unspecified atom stereocenters. The van der Waals surface area contributed by atoms with Gasteiger partial charge in [-0.05, 0) is 76.7 Å². The van der Waals surface area contributed by atoms with Crippen molar-refractivity contribution in [1.29, 1.82) is 0 Å². The minimum atomic E-state index is 0.141. The van der Waals surface area contributed by atoms with Gasteiger partial charge < -0.3 is 28.6 Å². The first kappa shape index (κ1) is 20.9. The maximum absolute atomic E-state index is 5.65. The van der Waals surface area contributed by atoms with Crippen molar-refractivity contribution < 1.29 is 18.8 Å². The van der Waals surface area contributed by atoms with Crippen LogP contribution >= 0.6 is 0 Å². The zero-order chi connectivity index (χ0) is 19.5. The minimum Gasteiger partial charge on any atom is -0.529 e. The minimum absolute atomic E-state index is 0.141. The number of hydrogen-bond donors (Lipinski definition) is 0. The number of hydrogen-bond acceptors (Lipinski definition) is 6. The lowest BCUT2D eigenvalue weighted by atomic mass is 10.3. The Morgan fingerprint density at radius 1 is 0.593 bits per heavy atom. The largest absolute Gasteiger partial charge is 0.576 e. The van der Waals surface area contributed by atoms with Gasteiger partial charge in [-0.15, -0.1) is 0 Å². The molecular formula is C20H29BN2O4. The Labute approximate surface area is 162 Å². The van der Waals surface area contributed by atoms with Crippen molar-refractivity contribution in [2.24, 2.45) is 0 Å². The second-order valence-electron chi connectivity index (χ2n) is 6.65. The molecule has 0 aliphatic rings. The highest BCUT2D eigenvalue weighted by atomic mass is 16.6. The summed E-state index contributed by atoms with van der Waals surface area (Å²) in [4.78, 5) is 4.16. The van der Waals surface area contributed by atoms with Crippen LogP contribution in [0.1, 0.15) is 0 Å². The lowest BCUT2D eigenvalue weighted by molar-refractivity contribution is 0.261. The van der Waals surface area contributed by atoms with Gasteiger partial charge in [0.05, 0.1) is 0 Å². The number of benzene rings is 2. The van der Waals surface area contributed by atoms with E-state index in [0.717, 1.165) is 36.1 Å². The summed E-state index contributed by atoms with van der Waals surface area (Å²) in [6.07, 6.45) is 0. The quantitative estimate of drug-likeness (QED) is 0.533. The highest BCUT2D eigenvalue weighted by molar-refractivity contribution is 6.20. The molecule has 0 aliphatic heterocycles. The van der Waals surface area contributed by atoms with Crippen molar-refractivity contribution in [3.63, 3.8) is 0 Å². The van der Waals surface area contributed by atoms with Gasteiger partial charge in [-0.2, -0.15) is 0 Å². The molecule has 0 fully saturated rings. The van der Waals surface area contributed by atoms with Crippen LogP contribution in [0.3, 0.4) is 0 Å². The van der Waals surface area contributed by atoms with E-state index in [1.807, 2.05) is 76.7 Å². The number of rotatable bonds is 12. The molecule has 7 heteroatoms. The Kier molecular flexibility index (Phi) is 8.81. The monoisotopic (exact) mass is 372 g/mol. The molecule has 2 aromatic rings. The molecule has 0 saturated carbocycles. The molecule has 0 bridgehead atoms. The lowest BCUT2D eigenvalue weighted by Crippen LogP contribution is -2.19. The van der Waals surface area contributed by atoms with Crippen molar-refractivity contribution in [3.8, 4) is 23.0 Å². The molecule has 0 atom stereocenters. The average molecular weight is 372 g/mol. The fourth-order valence-corrected chi connectivity index (χ4v) is 2.12. The van der Waals surface area contributed by atoms with Gasteiger partial charge in [-0.25, -0.2) is 0 Å². The maximum atomic E-state index is 5.65. The van der Waals surface area contributed by atoms with E-state index in [9.17, 15) is 0 Å². The molecule has 6 nitrogen and oxygen atoms in total. The second kappa shape index (κ2) is 11.4. The van der Waals surface area contributed by atoms with E-state index in [0.29, 0.717) is 13.2 Å². The first-order chi connectivity index (χ1) is 13.0. The van der Waals surface area contributed by atoms with Crippen LogP contribution in [0.15, 0.2) is 48.5 Å². The Balaban J connectivity index is 1.68. The highest BCUT2D eigenvalue weighted by Gasteiger charge is 2.02. The topological polar surface area (TPSA) is 43.4 Å². The summed E-state index contributed by atoms with van der Waals surface area (Å²) in [6.45, 7) is 3.08. The summed E-state index contributed by atoms with van der Waals surface area (Å²) < 4.78 is 22.5. The summed E-state index contributed by atoms with van der Waals surface area (Å²) >= 11 is 0. The molecule has 0 saturated heterocycles. The van der Waals surface area contributed by atoms with Crippen molar-refractivity contribution in [2.75, 3.05) is 54.5 Å². The van der Waals surface area contributed by atoms with Gasteiger partial charge >= 0.3 is 7.69 Å². The Hall–Kier alpha value is -2.38. The third-order valence-corrected chi connectivity index (χ3v) is 3.71. The molecule has 0 aliphatic carbocycles. The fourth-order valence-electron chi connectivity index (χ4n) is 2.12. The van der Waals surface area contributed by atoms with Crippen LogP contribution in [-0.4, -0.2) is 72.0 Å². The molecule has 2 rings (SSSR count). The van der Waals surface area contributed by atoms with Crippen molar-refractivity contribution in [2.45, 2.75) is 0 Å². The molecule has 0 aromatic heterocycles. The van der Waals surface area contributed by atoms with E-state index in [1.54, 1.807) is 0 Å². The Morgan fingerprint density at radius 2 is 0.926 bits per heavy atom. The molecule has 27 heavy (non-hydrogen) atoms. The fraction of sp³-hybridized carbons (Fsp3) is 0.400. The van der Waals surface area contributed by atoms with Gasteiger partial charge in [0, 0.05) is 13.1 Å². The predicted octanol–water partition coefficient (Wildman–Crippen LogP) is 2.29. The third kappa shape index (κ3) is 8.71. The molecule has 0 radical (unpaired) electrons. The van der Waals surface area contributed by atoms with Gasteiger partial charge in [0.2, 0.25) is 0 Å². The van der Waals surface area contributed by atoms with Crippen LogP contribution in [0.4, 0.5) is 0 Å². The van der Waals surface area contributed by atoms with E-state index < -0.39 is 0 Å². The van der Waals surface area contributed by atoms with E-state index >= 15 is 0 Å². The van der Waals surface area contributed by atoms with Crippen LogP contribution in [0.25, 0.3) is 0 Å². The zero-order valence-corrected chi connectivity index (χ0v) is 16.7. The number of nitrogens with zero attached hydrogens (tertiary/aromatic N) is 2. The first-order valence-electron chi connectivity index (χ1n) is 9.04. The third-order valence-electron chi connectivity index (χ3n) is 3.71. The molecule has 0 amide bonds. The van der Waals surface area contributed by atoms with E-state index in [4.69, 9.17) is 18.8 Å². The van der Waals surface area contributed by atoms with Crippen molar-refractivity contribution >= 4 is 7.69 Å².